The molecule has 0 fully saturated rings. The summed E-state index contributed by atoms with van der Waals surface area (Å²) in [6, 6.07) is 16.6. The molecule has 5 nitrogen and oxygen atoms in total. The van der Waals surface area contributed by atoms with Crippen molar-refractivity contribution < 1.29 is 4.79 Å². The lowest BCUT2D eigenvalue weighted by Gasteiger charge is -2.37. The highest BCUT2D eigenvalue weighted by molar-refractivity contribution is 5.83. The Labute approximate surface area is 145 Å². The van der Waals surface area contributed by atoms with Gasteiger partial charge in [0.15, 0.2) is 0 Å². The molecule has 0 radical (unpaired) electrons. The second-order valence-corrected chi connectivity index (χ2v) is 6.45. The first-order valence-electron chi connectivity index (χ1n) is 8.43. The van der Waals surface area contributed by atoms with E-state index in [1.54, 1.807) is 22.5 Å². The Balaban J connectivity index is 1.82. The third-order valence-corrected chi connectivity index (χ3v) is 4.97. The van der Waals surface area contributed by atoms with Crippen LogP contribution in [0.2, 0.25) is 0 Å². The third-order valence-electron chi connectivity index (χ3n) is 4.97. The topological polar surface area (TPSA) is 55.2 Å². The number of hydrogen-bond donors (Lipinski definition) is 0. The van der Waals surface area contributed by atoms with E-state index >= 15 is 0 Å². The molecule has 0 saturated heterocycles. The molecular weight excluding hydrogens is 314 g/mol. The van der Waals surface area contributed by atoms with Gasteiger partial charge in [-0.05, 0) is 31.5 Å². The van der Waals surface area contributed by atoms with E-state index in [2.05, 4.69) is 4.98 Å². The summed E-state index contributed by atoms with van der Waals surface area (Å²) in [6.07, 6.45) is 0. The maximum absolute atomic E-state index is 12.9. The lowest BCUT2D eigenvalue weighted by atomic mass is 10.0. The van der Waals surface area contributed by atoms with Crippen LogP contribution in [0, 0.1) is 0 Å². The molecule has 0 bridgehead atoms. The zero-order chi connectivity index (χ0) is 17.6. The van der Waals surface area contributed by atoms with Crippen molar-refractivity contribution in [2.75, 3.05) is 0 Å². The zero-order valence-electron chi connectivity index (χ0n) is 14.2. The van der Waals surface area contributed by atoms with Crippen LogP contribution >= 0.6 is 0 Å². The molecule has 0 unspecified atom stereocenters. The van der Waals surface area contributed by atoms with E-state index in [4.69, 9.17) is 0 Å². The second kappa shape index (κ2) is 5.84. The van der Waals surface area contributed by atoms with Gasteiger partial charge in [-0.1, -0.05) is 42.5 Å². The van der Waals surface area contributed by atoms with Crippen molar-refractivity contribution in [1.29, 1.82) is 0 Å². The Bertz CT molecular complexity index is 1010. The Kier molecular flexibility index (Phi) is 3.64. The molecule has 1 aliphatic heterocycles. The van der Waals surface area contributed by atoms with E-state index in [9.17, 15) is 9.59 Å². The standard InChI is InChI=1S/C20H19N3O2/c1-13(15-8-4-3-5-9-15)22-12-18-21-17-11-7-6-10-16(17)20(25)23(18)14(2)19(22)24/h3-11,13-14H,12H2,1-2H3/t13-,14+/m1/s1. The van der Waals surface area contributed by atoms with Gasteiger partial charge in [-0.25, -0.2) is 4.98 Å². The van der Waals surface area contributed by atoms with Crippen LogP contribution in [0.5, 0.6) is 0 Å². The number of hydrogen-bond acceptors (Lipinski definition) is 3. The van der Waals surface area contributed by atoms with Crippen molar-refractivity contribution >= 4 is 16.8 Å². The van der Waals surface area contributed by atoms with Gasteiger partial charge in [-0.15, -0.1) is 0 Å². The minimum atomic E-state index is -0.556. The van der Waals surface area contributed by atoms with E-state index in [0.29, 0.717) is 23.3 Å². The number of fused-ring (bicyclic) bond motifs is 2. The first kappa shape index (κ1) is 15.6. The molecule has 2 aromatic carbocycles. The fourth-order valence-electron chi connectivity index (χ4n) is 3.52. The number of carbonyl (C=O) groups excluding carboxylic acids is 1. The van der Waals surface area contributed by atoms with Crippen LogP contribution in [-0.4, -0.2) is 20.4 Å². The van der Waals surface area contributed by atoms with Gasteiger partial charge >= 0.3 is 0 Å². The molecule has 2 heterocycles. The van der Waals surface area contributed by atoms with Crippen molar-refractivity contribution in [3.63, 3.8) is 0 Å². The van der Waals surface area contributed by atoms with Crippen LogP contribution in [0.3, 0.4) is 0 Å². The molecule has 126 valence electrons. The Morgan fingerprint density at radius 1 is 1.04 bits per heavy atom. The normalized spacial score (nSPS) is 18.2. The molecule has 1 aliphatic rings. The van der Waals surface area contributed by atoms with Crippen molar-refractivity contribution in [3.05, 3.63) is 76.3 Å². The minimum Gasteiger partial charge on any atom is -0.327 e. The first-order chi connectivity index (χ1) is 12.1. The van der Waals surface area contributed by atoms with E-state index in [1.165, 1.54) is 0 Å². The van der Waals surface area contributed by atoms with Crippen molar-refractivity contribution in [3.8, 4) is 0 Å². The summed E-state index contributed by atoms with van der Waals surface area (Å²) in [5, 5.41) is 0.551. The molecule has 0 spiro atoms. The summed E-state index contributed by atoms with van der Waals surface area (Å²) in [4.78, 5) is 32.2. The average Bonchev–Trinajstić information content (AvgIpc) is 2.65. The smallest absolute Gasteiger partial charge is 0.262 e. The molecule has 5 heteroatoms. The predicted molar refractivity (Wildman–Crippen MR) is 96.1 cm³/mol. The SMILES string of the molecule is C[C@H](c1ccccc1)N1Cc2nc3ccccc3c(=O)n2[C@@H](C)C1=O. The molecule has 0 saturated carbocycles. The van der Waals surface area contributed by atoms with Gasteiger partial charge in [-0.2, -0.15) is 0 Å². The van der Waals surface area contributed by atoms with Crippen LogP contribution in [0.25, 0.3) is 10.9 Å². The maximum Gasteiger partial charge on any atom is 0.262 e. The summed E-state index contributed by atoms with van der Waals surface area (Å²) in [5.41, 5.74) is 1.60. The first-order valence-corrected chi connectivity index (χ1v) is 8.43. The van der Waals surface area contributed by atoms with Gasteiger partial charge < -0.3 is 4.90 Å². The maximum atomic E-state index is 12.9. The monoisotopic (exact) mass is 333 g/mol. The van der Waals surface area contributed by atoms with Crippen LogP contribution in [0.1, 0.15) is 37.3 Å². The number of para-hydroxylation sites is 1. The van der Waals surface area contributed by atoms with Gasteiger partial charge in [0.2, 0.25) is 5.91 Å². The molecule has 2 atom stereocenters. The Morgan fingerprint density at radius 2 is 1.72 bits per heavy atom. The Morgan fingerprint density at radius 3 is 2.48 bits per heavy atom. The molecule has 1 amide bonds. The van der Waals surface area contributed by atoms with E-state index in [-0.39, 0.29) is 17.5 Å². The van der Waals surface area contributed by atoms with E-state index in [1.807, 2.05) is 55.5 Å². The summed E-state index contributed by atoms with van der Waals surface area (Å²) in [6.45, 7) is 4.11. The fraction of sp³-hybridized carbons (Fsp3) is 0.250. The average molecular weight is 333 g/mol. The summed E-state index contributed by atoms with van der Waals surface area (Å²) < 4.78 is 1.54. The summed E-state index contributed by atoms with van der Waals surface area (Å²) in [5.74, 6) is 0.585. The minimum absolute atomic E-state index is 0.0527. The largest absolute Gasteiger partial charge is 0.327 e. The van der Waals surface area contributed by atoms with E-state index < -0.39 is 6.04 Å². The highest BCUT2D eigenvalue weighted by atomic mass is 16.2. The summed E-state index contributed by atoms with van der Waals surface area (Å²) in [7, 11) is 0. The van der Waals surface area contributed by atoms with Crippen LogP contribution < -0.4 is 5.56 Å². The molecular formula is C20H19N3O2. The van der Waals surface area contributed by atoms with Gasteiger partial charge in [0.25, 0.3) is 5.56 Å². The zero-order valence-corrected chi connectivity index (χ0v) is 14.2. The quantitative estimate of drug-likeness (QED) is 0.724. The fourth-order valence-corrected chi connectivity index (χ4v) is 3.52. The van der Waals surface area contributed by atoms with Gasteiger partial charge in [0.1, 0.15) is 11.9 Å². The molecule has 4 rings (SSSR count). The van der Waals surface area contributed by atoms with Crippen molar-refractivity contribution in [2.45, 2.75) is 32.5 Å². The molecule has 0 N–H and O–H groups in total. The highest BCUT2D eigenvalue weighted by Crippen LogP contribution is 2.29. The van der Waals surface area contributed by atoms with Gasteiger partial charge in [-0.3, -0.25) is 14.2 Å². The van der Waals surface area contributed by atoms with E-state index in [0.717, 1.165) is 5.56 Å². The molecule has 0 aliphatic carbocycles. The predicted octanol–water partition coefficient (Wildman–Crippen LogP) is 3.06. The van der Waals surface area contributed by atoms with Crippen molar-refractivity contribution in [2.24, 2.45) is 0 Å². The van der Waals surface area contributed by atoms with Gasteiger partial charge in [0.05, 0.1) is 23.5 Å². The Hall–Kier alpha value is -2.95. The van der Waals surface area contributed by atoms with Crippen LogP contribution in [0.4, 0.5) is 0 Å². The lowest BCUT2D eigenvalue weighted by molar-refractivity contribution is -0.139. The number of rotatable bonds is 2. The number of carbonyl (C=O) groups is 1. The second-order valence-electron chi connectivity index (χ2n) is 6.45. The number of amides is 1. The number of aromatic nitrogens is 2. The number of nitrogens with zero attached hydrogens (tertiary/aromatic N) is 3. The summed E-state index contributed by atoms with van der Waals surface area (Å²) >= 11 is 0. The molecule has 1 aromatic heterocycles. The third kappa shape index (κ3) is 2.43. The van der Waals surface area contributed by atoms with Gasteiger partial charge in [0, 0.05) is 0 Å². The van der Waals surface area contributed by atoms with Crippen molar-refractivity contribution in [1.82, 2.24) is 14.5 Å². The van der Waals surface area contributed by atoms with Crippen LogP contribution in [-0.2, 0) is 11.3 Å². The number of benzene rings is 2. The molecule has 3 aromatic rings. The highest BCUT2D eigenvalue weighted by Gasteiger charge is 2.34. The van der Waals surface area contributed by atoms with Crippen LogP contribution in [0.15, 0.2) is 59.4 Å². The lowest BCUT2D eigenvalue weighted by Crippen LogP contribution is -2.47. The molecule has 25 heavy (non-hydrogen) atoms.